The minimum absolute atomic E-state index is 0.0137. The van der Waals surface area contributed by atoms with Gasteiger partial charge in [-0.3, -0.25) is 4.79 Å². The van der Waals surface area contributed by atoms with Crippen molar-refractivity contribution in [3.8, 4) is 0 Å². The molecule has 1 heterocycles. The fraction of sp³-hybridized carbons (Fsp3) is 0.417. The molecule has 1 unspecified atom stereocenters. The highest BCUT2D eigenvalue weighted by atomic mass is 32.2. The van der Waals surface area contributed by atoms with E-state index in [1.807, 2.05) is 6.07 Å². The van der Waals surface area contributed by atoms with Crippen LogP contribution in [0.25, 0.3) is 0 Å². The number of benzene rings is 1. The van der Waals surface area contributed by atoms with Crippen LogP contribution in [0.2, 0.25) is 0 Å². The van der Waals surface area contributed by atoms with Gasteiger partial charge in [0.15, 0.2) is 15.6 Å². The summed E-state index contributed by atoms with van der Waals surface area (Å²) in [5, 5.41) is 3.08. The average molecular weight is 253 g/mol. The third-order valence-corrected chi connectivity index (χ3v) is 4.57. The van der Waals surface area contributed by atoms with Crippen LogP contribution in [0.3, 0.4) is 0 Å². The van der Waals surface area contributed by atoms with Gasteiger partial charge in [-0.2, -0.15) is 0 Å². The quantitative estimate of drug-likeness (QED) is 0.803. The largest absolute Gasteiger partial charge is 0.312 e. The molecule has 0 aromatic heterocycles. The summed E-state index contributed by atoms with van der Waals surface area (Å²) in [6.45, 7) is 0.440. The van der Waals surface area contributed by atoms with Crippen LogP contribution in [-0.2, 0) is 9.84 Å². The lowest BCUT2D eigenvalue weighted by Gasteiger charge is -2.22. The number of hydrogen-bond donors (Lipinski definition) is 1. The third kappa shape index (κ3) is 3.38. The van der Waals surface area contributed by atoms with E-state index in [1.54, 1.807) is 24.3 Å². The molecule has 2 rings (SSSR count). The van der Waals surface area contributed by atoms with E-state index in [9.17, 15) is 13.2 Å². The first kappa shape index (κ1) is 12.3. The third-order valence-electron chi connectivity index (χ3n) is 2.83. The Labute approximate surface area is 101 Å². The van der Waals surface area contributed by atoms with E-state index < -0.39 is 9.84 Å². The molecule has 1 fully saturated rings. The predicted molar refractivity (Wildman–Crippen MR) is 65.8 cm³/mol. The Morgan fingerprint density at radius 2 is 2.00 bits per heavy atom. The lowest BCUT2D eigenvalue weighted by Crippen LogP contribution is -2.45. The van der Waals surface area contributed by atoms with Gasteiger partial charge in [0.2, 0.25) is 0 Å². The van der Waals surface area contributed by atoms with Gasteiger partial charge in [0.25, 0.3) is 0 Å². The Hall–Kier alpha value is -1.20. The van der Waals surface area contributed by atoms with Crippen LogP contribution in [0.15, 0.2) is 30.3 Å². The van der Waals surface area contributed by atoms with Crippen molar-refractivity contribution in [1.82, 2.24) is 5.32 Å². The lowest BCUT2D eigenvalue weighted by atomic mass is 10.0. The normalized spacial score (nSPS) is 23.2. The molecule has 4 nitrogen and oxygen atoms in total. The van der Waals surface area contributed by atoms with Crippen molar-refractivity contribution in [2.24, 2.45) is 0 Å². The molecule has 1 atom stereocenters. The van der Waals surface area contributed by atoms with Crippen LogP contribution in [0.5, 0.6) is 0 Å². The first-order chi connectivity index (χ1) is 8.07. The average Bonchev–Trinajstić information content (AvgIpc) is 2.29. The Morgan fingerprint density at radius 3 is 2.65 bits per heavy atom. The molecule has 1 saturated heterocycles. The Kier molecular flexibility index (Phi) is 3.59. The maximum atomic E-state index is 11.9. The second-order valence-corrected chi connectivity index (χ2v) is 6.49. The molecular formula is C12H15NO3S. The number of hydrogen-bond acceptors (Lipinski definition) is 4. The van der Waals surface area contributed by atoms with Gasteiger partial charge in [-0.05, 0) is 0 Å². The van der Waals surface area contributed by atoms with Gasteiger partial charge >= 0.3 is 0 Å². The summed E-state index contributed by atoms with van der Waals surface area (Å²) in [4.78, 5) is 11.9. The van der Waals surface area contributed by atoms with E-state index in [0.717, 1.165) is 0 Å². The molecule has 5 heteroatoms. The number of sulfone groups is 1. The summed E-state index contributed by atoms with van der Waals surface area (Å²) < 4.78 is 22.9. The van der Waals surface area contributed by atoms with E-state index in [-0.39, 0.29) is 29.8 Å². The smallest absolute Gasteiger partial charge is 0.164 e. The Balaban J connectivity index is 2.00. The molecule has 1 aliphatic heterocycles. The molecule has 1 aliphatic rings. The van der Waals surface area contributed by atoms with Crippen LogP contribution >= 0.6 is 0 Å². The molecule has 92 valence electrons. The molecule has 1 aromatic rings. The molecule has 0 radical (unpaired) electrons. The van der Waals surface area contributed by atoms with Crippen molar-refractivity contribution in [1.29, 1.82) is 0 Å². The van der Waals surface area contributed by atoms with Gasteiger partial charge in [-0.15, -0.1) is 0 Å². The highest BCUT2D eigenvalue weighted by Gasteiger charge is 2.26. The molecule has 17 heavy (non-hydrogen) atoms. The van der Waals surface area contributed by atoms with Gasteiger partial charge in [0, 0.05) is 24.6 Å². The fourth-order valence-corrected chi connectivity index (χ4v) is 3.41. The first-order valence-corrected chi connectivity index (χ1v) is 7.41. The number of rotatable bonds is 3. The summed E-state index contributed by atoms with van der Waals surface area (Å²) in [7, 11) is -2.97. The summed E-state index contributed by atoms with van der Waals surface area (Å²) in [5.74, 6) is 0.217. The molecular weight excluding hydrogens is 238 g/mol. The van der Waals surface area contributed by atoms with Crippen molar-refractivity contribution < 1.29 is 13.2 Å². The molecule has 0 bridgehead atoms. The molecule has 0 spiro atoms. The highest BCUT2D eigenvalue weighted by molar-refractivity contribution is 7.91. The standard InChI is InChI=1S/C12H15NO3S/c14-12(10-4-2-1-3-5-10)8-11-9-17(15,16)7-6-13-11/h1-5,11,13H,6-9H2. The van der Waals surface area contributed by atoms with E-state index in [2.05, 4.69) is 5.32 Å². The topological polar surface area (TPSA) is 63.2 Å². The molecule has 1 aromatic carbocycles. The van der Waals surface area contributed by atoms with Gasteiger partial charge in [0.1, 0.15) is 0 Å². The van der Waals surface area contributed by atoms with Crippen LogP contribution in [0.1, 0.15) is 16.8 Å². The monoisotopic (exact) mass is 253 g/mol. The van der Waals surface area contributed by atoms with E-state index in [1.165, 1.54) is 0 Å². The number of ketones is 1. The summed E-state index contributed by atoms with van der Waals surface area (Å²) >= 11 is 0. The van der Waals surface area contributed by atoms with E-state index in [4.69, 9.17) is 0 Å². The minimum Gasteiger partial charge on any atom is -0.312 e. The summed E-state index contributed by atoms with van der Waals surface area (Å²) in [5.41, 5.74) is 0.636. The van der Waals surface area contributed by atoms with Crippen molar-refractivity contribution in [3.63, 3.8) is 0 Å². The Bertz CT molecular complexity index is 496. The fourth-order valence-electron chi connectivity index (χ4n) is 1.96. The number of carbonyl (C=O) groups excluding carboxylic acids is 1. The summed E-state index contributed by atoms with van der Waals surface area (Å²) in [6, 6.07) is 8.71. The zero-order valence-electron chi connectivity index (χ0n) is 9.43. The number of Topliss-reactive ketones (excluding diaryl/α,β-unsaturated/α-hetero) is 1. The van der Waals surface area contributed by atoms with Crippen molar-refractivity contribution in [2.75, 3.05) is 18.1 Å². The second-order valence-electron chi connectivity index (χ2n) is 4.26. The van der Waals surface area contributed by atoms with Crippen molar-refractivity contribution >= 4 is 15.6 Å². The summed E-state index contributed by atoms with van der Waals surface area (Å²) in [6.07, 6.45) is 0.239. The SMILES string of the molecule is O=C(CC1CS(=O)(=O)CCN1)c1ccccc1. The zero-order valence-corrected chi connectivity index (χ0v) is 10.2. The molecule has 0 amide bonds. The molecule has 0 saturated carbocycles. The van der Waals surface area contributed by atoms with Crippen molar-refractivity contribution in [2.45, 2.75) is 12.5 Å². The maximum absolute atomic E-state index is 11.9. The second kappa shape index (κ2) is 4.98. The van der Waals surface area contributed by atoms with Gasteiger partial charge in [-0.1, -0.05) is 30.3 Å². The van der Waals surface area contributed by atoms with Crippen LogP contribution in [-0.4, -0.2) is 38.3 Å². The zero-order chi connectivity index (χ0) is 12.3. The van der Waals surface area contributed by atoms with E-state index in [0.29, 0.717) is 12.1 Å². The molecule has 1 N–H and O–H groups in total. The van der Waals surface area contributed by atoms with Crippen LogP contribution in [0.4, 0.5) is 0 Å². The molecule has 0 aliphatic carbocycles. The minimum atomic E-state index is -2.97. The van der Waals surface area contributed by atoms with Crippen LogP contribution in [0, 0.1) is 0 Å². The highest BCUT2D eigenvalue weighted by Crippen LogP contribution is 2.10. The van der Waals surface area contributed by atoms with Gasteiger partial charge < -0.3 is 5.32 Å². The maximum Gasteiger partial charge on any atom is 0.164 e. The predicted octanol–water partition coefficient (Wildman–Crippen LogP) is 0.646. The van der Waals surface area contributed by atoms with Gasteiger partial charge in [0.05, 0.1) is 11.5 Å². The Morgan fingerprint density at radius 1 is 1.29 bits per heavy atom. The number of carbonyl (C=O) groups is 1. The first-order valence-electron chi connectivity index (χ1n) is 5.59. The number of nitrogens with one attached hydrogen (secondary N) is 1. The van der Waals surface area contributed by atoms with Gasteiger partial charge in [-0.25, -0.2) is 8.42 Å². The van der Waals surface area contributed by atoms with Crippen LogP contribution < -0.4 is 5.32 Å². The lowest BCUT2D eigenvalue weighted by molar-refractivity contribution is 0.0972. The van der Waals surface area contributed by atoms with E-state index >= 15 is 0 Å². The van der Waals surface area contributed by atoms with Crippen molar-refractivity contribution in [3.05, 3.63) is 35.9 Å².